The zero-order valence-corrected chi connectivity index (χ0v) is 7.46. The number of hydrogen-bond acceptors (Lipinski definition) is 2. The summed E-state index contributed by atoms with van der Waals surface area (Å²) in [4.78, 5) is 0. The molecule has 1 aromatic carbocycles. The molecule has 0 unspecified atom stereocenters. The molecule has 0 saturated heterocycles. The number of halogens is 1. The number of ether oxygens (including phenoxy) is 1. The van der Waals surface area contributed by atoms with Crippen LogP contribution in [0.4, 0.5) is 4.39 Å². The summed E-state index contributed by atoms with van der Waals surface area (Å²) in [5.74, 6) is 0.308. The topological polar surface area (TPSA) is 29.5 Å². The highest BCUT2D eigenvalue weighted by atomic mass is 19.1. The van der Waals surface area contributed by atoms with Crippen LogP contribution in [0.1, 0.15) is 12.5 Å². The molecule has 71 valence electrons. The fraction of sp³-hybridized carbons (Fsp3) is 0.300. The van der Waals surface area contributed by atoms with Crippen molar-refractivity contribution in [2.24, 2.45) is 0 Å². The van der Waals surface area contributed by atoms with Gasteiger partial charge in [0.15, 0.2) is 0 Å². The largest absolute Gasteiger partial charge is 0.491 e. The lowest BCUT2D eigenvalue weighted by atomic mass is 10.1. The van der Waals surface area contributed by atoms with Crippen LogP contribution in [-0.4, -0.2) is 18.3 Å². The molecule has 1 rings (SSSR count). The van der Waals surface area contributed by atoms with Crippen LogP contribution in [0.2, 0.25) is 0 Å². The maximum Gasteiger partial charge on any atom is 0.123 e. The number of benzene rings is 1. The summed E-state index contributed by atoms with van der Waals surface area (Å²) in [6.07, 6.45) is 1.76. The Hall–Kier alpha value is -1.09. The van der Waals surface area contributed by atoms with E-state index in [1.165, 1.54) is 12.1 Å². The van der Waals surface area contributed by atoms with Crippen LogP contribution in [-0.2, 0) is 0 Å². The van der Waals surface area contributed by atoms with Gasteiger partial charge in [0, 0.05) is 5.56 Å². The van der Waals surface area contributed by atoms with E-state index in [2.05, 4.69) is 0 Å². The van der Waals surface area contributed by atoms with E-state index < -0.39 is 0 Å². The molecular weight excluding hydrogens is 171 g/mol. The third-order valence-electron chi connectivity index (χ3n) is 1.63. The van der Waals surface area contributed by atoms with Gasteiger partial charge in [-0.05, 0) is 24.6 Å². The smallest absolute Gasteiger partial charge is 0.123 e. The van der Waals surface area contributed by atoms with Gasteiger partial charge in [-0.3, -0.25) is 0 Å². The molecule has 1 radical (unpaired) electrons. The summed E-state index contributed by atoms with van der Waals surface area (Å²) in [5, 5.41) is 8.54. The molecule has 13 heavy (non-hydrogen) atoms. The Kier molecular flexibility index (Phi) is 3.71. The monoisotopic (exact) mass is 183 g/mol. The standard InChI is InChI=1S/C10H12FO2/c1-2-8-7-9(11)3-4-10(8)13-6-5-12/h2-4,7,12H,5-6H2,1H3. The summed E-state index contributed by atoms with van der Waals surface area (Å²) in [6, 6.07) is 4.28. The second-order valence-corrected chi connectivity index (χ2v) is 2.54. The van der Waals surface area contributed by atoms with Crippen molar-refractivity contribution in [3.8, 4) is 5.75 Å². The zero-order chi connectivity index (χ0) is 9.68. The van der Waals surface area contributed by atoms with E-state index in [0.717, 1.165) is 0 Å². The van der Waals surface area contributed by atoms with Gasteiger partial charge in [-0.25, -0.2) is 4.39 Å². The minimum atomic E-state index is -0.288. The van der Waals surface area contributed by atoms with Gasteiger partial charge in [0.1, 0.15) is 18.2 Å². The van der Waals surface area contributed by atoms with Crippen LogP contribution in [0.5, 0.6) is 5.75 Å². The van der Waals surface area contributed by atoms with E-state index >= 15 is 0 Å². The predicted octanol–water partition coefficient (Wildman–Crippen LogP) is 1.77. The fourth-order valence-electron chi connectivity index (χ4n) is 1.03. The maximum atomic E-state index is 12.7. The lowest BCUT2D eigenvalue weighted by Crippen LogP contribution is -2.03. The van der Waals surface area contributed by atoms with Gasteiger partial charge < -0.3 is 9.84 Å². The minimum absolute atomic E-state index is 0.0411. The van der Waals surface area contributed by atoms with E-state index in [9.17, 15) is 4.39 Å². The molecule has 0 fully saturated rings. The SMILES string of the molecule is C[CH]c1cc(F)ccc1OCCO. The molecule has 0 spiro atoms. The first kappa shape index (κ1) is 9.99. The Balaban J connectivity index is 2.79. The van der Waals surface area contributed by atoms with Crippen molar-refractivity contribution < 1.29 is 14.2 Å². The Bertz CT molecular complexity index is 274. The molecule has 2 nitrogen and oxygen atoms in total. The van der Waals surface area contributed by atoms with Gasteiger partial charge in [0.2, 0.25) is 0 Å². The van der Waals surface area contributed by atoms with Gasteiger partial charge in [0.25, 0.3) is 0 Å². The van der Waals surface area contributed by atoms with E-state index in [4.69, 9.17) is 9.84 Å². The molecule has 3 heteroatoms. The zero-order valence-electron chi connectivity index (χ0n) is 7.46. The average Bonchev–Trinajstić information content (AvgIpc) is 2.16. The van der Waals surface area contributed by atoms with Crippen molar-refractivity contribution in [3.63, 3.8) is 0 Å². The summed E-state index contributed by atoms with van der Waals surface area (Å²) in [7, 11) is 0. The molecule has 0 aliphatic carbocycles. The van der Waals surface area contributed by atoms with Crippen LogP contribution in [0.3, 0.4) is 0 Å². The molecule has 0 aliphatic rings. The molecule has 0 heterocycles. The summed E-state index contributed by atoms with van der Waals surface area (Å²) < 4.78 is 17.9. The molecular formula is C10H12FO2. The molecule has 0 aliphatic heterocycles. The lowest BCUT2D eigenvalue weighted by molar-refractivity contribution is 0.200. The molecule has 1 N–H and O–H groups in total. The van der Waals surface area contributed by atoms with Crippen molar-refractivity contribution in [2.75, 3.05) is 13.2 Å². The predicted molar refractivity (Wildman–Crippen MR) is 48.1 cm³/mol. The highest BCUT2D eigenvalue weighted by molar-refractivity contribution is 5.38. The van der Waals surface area contributed by atoms with Crippen LogP contribution in [0.15, 0.2) is 18.2 Å². The Labute approximate surface area is 77.0 Å². The first-order valence-corrected chi connectivity index (χ1v) is 4.10. The third kappa shape index (κ3) is 2.70. The normalized spacial score (nSPS) is 10.1. The maximum absolute atomic E-state index is 12.7. The van der Waals surface area contributed by atoms with Gasteiger partial charge in [-0.1, -0.05) is 6.92 Å². The number of hydrogen-bond donors (Lipinski definition) is 1. The molecule has 0 atom stereocenters. The van der Waals surface area contributed by atoms with E-state index in [1.807, 2.05) is 0 Å². The van der Waals surface area contributed by atoms with Crippen molar-refractivity contribution in [3.05, 3.63) is 36.0 Å². The Morgan fingerprint density at radius 3 is 2.92 bits per heavy atom. The van der Waals surface area contributed by atoms with E-state index in [1.54, 1.807) is 19.4 Å². The van der Waals surface area contributed by atoms with Gasteiger partial charge >= 0.3 is 0 Å². The summed E-state index contributed by atoms with van der Waals surface area (Å²) in [6.45, 7) is 1.99. The molecule has 0 amide bonds. The highest BCUT2D eigenvalue weighted by Gasteiger charge is 2.02. The first-order chi connectivity index (χ1) is 6.27. The van der Waals surface area contributed by atoms with E-state index in [0.29, 0.717) is 11.3 Å². The Morgan fingerprint density at radius 1 is 1.54 bits per heavy atom. The summed E-state index contributed by atoms with van der Waals surface area (Å²) >= 11 is 0. The van der Waals surface area contributed by atoms with Gasteiger partial charge in [-0.2, -0.15) is 0 Å². The van der Waals surface area contributed by atoms with E-state index in [-0.39, 0.29) is 19.0 Å². The lowest BCUT2D eigenvalue weighted by Gasteiger charge is -2.08. The Morgan fingerprint density at radius 2 is 2.31 bits per heavy atom. The molecule has 0 bridgehead atoms. The number of aliphatic hydroxyl groups is 1. The van der Waals surface area contributed by atoms with Crippen LogP contribution in [0, 0.1) is 12.2 Å². The van der Waals surface area contributed by atoms with Crippen LogP contribution in [0.25, 0.3) is 0 Å². The van der Waals surface area contributed by atoms with Gasteiger partial charge in [-0.15, -0.1) is 0 Å². The average molecular weight is 183 g/mol. The minimum Gasteiger partial charge on any atom is -0.491 e. The third-order valence-corrected chi connectivity index (χ3v) is 1.63. The van der Waals surface area contributed by atoms with Crippen molar-refractivity contribution >= 4 is 0 Å². The van der Waals surface area contributed by atoms with Crippen molar-refractivity contribution in [2.45, 2.75) is 6.92 Å². The summed E-state index contributed by atoms with van der Waals surface area (Å²) in [5.41, 5.74) is 0.702. The molecule has 0 aromatic heterocycles. The number of aliphatic hydroxyl groups excluding tert-OH is 1. The molecule has 1 aromatic rings. The van der Waals surface area contributed by atoms with Crippen molar-refractivity contribution in [1.29, 1.82) is 0 Å². The quantitative estimate of drug-likeness (QED) is 0.770. The second-order valence-electron chi connectivity index (χ2n) is 2.54. The molecule has 0 saturated carbocycles. The fourth-order valence-corrected chi connectivity index (χ4v) is 1.03. The number of rotatable bonds is 4. The van der Waals surface area contributed by atoms with Crippen LogP contribution < -0.4 is 4.74 Å². The van der Waals surface area contributed by atoms with Gasteiger partial charge in [0.05, 0.1) is 6.61 Å². The van der Waals surface area contributed by atoms with Crippen LogP contribution >= 0.6 is 0 Å². The first-order valence-electron chi connectivity index (χ1n) is 4.10. The second kappa shape index (κ2) is 4.82. The van der Waals surface area contributed by atoms with Crippen molar-refractivity contribution in [1.82, 2.24) is 0 Å². The highest BCUT2D eigenvalue weighted by Crippen LogP contribution is 2.20.